The highest BCUT2D eigenvalue weighted by molar-refractivity contribution is 6.02. The molecule has 6 heteroatoms. The number of ether oxygens (including phenoxy) is 1. The Kier molecular flexibility index (Phi) is 8.44. The number of Topliss-reactive ketones (excluding diaryl/α,β-unsaturated/α-hetero) is 1. The quantitative estimate of drug-likeness (QED) is 0.383. The van der Waals surface area contributed by atoms with Crippen molar-refractivity contribution in [3.05, 3.63) is 89.5 Å². The first-order valence-corrected chi connectivity index (χ1v) is 13.3. The molecule has 1 fully saturated rings. The minimum atomic E-state index is -0.584. The molecule has 0 aliphatic carbocycles. The van der Waals surface area contributed by atoms with Crippen molar-refractivity contribution in [2.45, 2.75) is 18.4 Å². The van der Waals surface area contributed by atoms with E-state index in [1.807, 2.05) is 54.4 Å². The van der Waals surface area contributed by atoms with Crippen LogP contribution in [0.1, 0.15) is 28.4 Å². The fourth-order valence-corrected chi connectivity index (χ4v) is 5.52. The van der Waals surface area contributed by atoms with Crippen molar-refractivity contribution in [3.8, 4) is 0 Å². The first-order chi connectivity index (χ1) is 18.1. The molecule has 0 saturated carbocycles. The molecule has 0 N–H and O–H groups in total. The summed E-state index contributed by atoms with van der Waals surface area (Å²) in [4.78, 5) is 22.9. The summed E-state index contributed by atoms with van der Waals surface area (Å²) in [7, 11) is 12.2. The second-order valence-corrected chi connectivity index (χ2v) is 11.0. The molecule has 1 heterocycles. The zero-order chi connectivity index (χ0) is 27.4. The third-order valence-electron chi connectivity index (χ3n) is 7.81. The highest BCUT2D eigenvalue weighted by Crippen LogP contribution is 2.40. The standard InChI is InChI=1S/C32H42N4O2/c1-32(25-10-16-27(17-11-25)33(2)3,26-12-18-28(19-13-26)34(4)5)31(35(6)7)30(37)24-8-14-29(15-9-24)36-20-22-38-23-21-36/h8-19,31H,20-23H2,1-7H3. The fraction of sp³-hybridized carbons (Fsp3) is 0.406. The van der Waals surface area contributed by atoms with Gasteiger partial charge in [-0.05, 0) is 80.7 Å². The van der Waals surface area contributed by atoms with Crippen molar-refractivity contribution in [1.29, 1.82) is 0 Å². The van der Waals surface area contributed by atoms with Crippen LogP contribution in [0.15, 0.2) is 72.8 Å². The number of hydrogen-bond acceptors (Lipinski definition) is 6. The summed E-state index contributed by atoms with van der Waals surface area (Å²) in [6.07, 6.45) is 0. The number of carbonyl (C=O) groups excluding carboxylic acids is 1. The summed E-state index contributed by atoms with van der Waals surface area (Å²) in [5, 5.41) is 0. The van der Waals surface area contributed by atoms with E-state index in [1.54, 1.807) is 0 Å². The predicted octanol–water partition coefficient (Wildman–Crippen LogP) is 4.77. The summed E-state index contributed by atoms with van der Waals surface area (Å²) >= 11 is 0. The molecule has 0 radical (unpaired) electrons. The van der Waals surface area contributed by atoms with Crippen molar-refractivity contribution in [1.82, 2.24) is 4.90 Å². The van der Waals surface area contributed by atoms with Gasteiger partial charge in [0, 0.05) is 69.3 Å². The Bertz CT molecular complexity index is 1140. The number of ketones is 1. The van der Waals surface area contributed by atoms with Crippen LogP contribution in [0.4, 0.5) is 17.1 Å². The highest BCUT2D eigenvalue weighted by Gasteiger charge is 2.43. The molecule has 0 amide bonds. The van der Waals surface area contributed by atoms with E-state index in [9.17, 15) is 4.79 Å². The van der Waals surface area contributed by atoms with Gasteiger partial charge in [-0.2, -0.15) is 0 Å². The lowest BCUT2D eigenvalue weighted by molar-refractivity contribution is 0.0808. The van der Waals surface area contributed by atoms with E-state index in [4.69, 9.17) is 4.74 Å². The van der Waals surface area contributed by atoms with Crippen molar-refractivity contribution < 1.29 is 9.53 Å². The number of carbonyl (C=O) groups is 1. The molecule has 1 saturated heterocycles. The van der Waals surface area contributed by atoms with Gasteiger partial charge >= 0.3 is 0 Å². The molecule has 0 bridgehead atoms. The molecule has 1 aliphatic rings. The summed E-state index contributed by atoms with van der Waals surface area (Å²) < 4.78 is 5.50. The highest BCUT2D eigenvalue weighted by atomic mass is 16.5. The molecule has 0 spiro atoms. The predicted molar refractivity (Wildman–Crippen MR) is 159 cm³/mol. The van der Waals surface area contributed by atoms with Crippen LogP contribution in [-0.4, -0.2) is 85.3 Å². The molecule has 6 nitrogen and oxygen atoms in total. The van der Waals surface area contributed by atoms with E-state index in [2.05, 4.69) is 87.2 Å². The van der Waals surface area contributed by atoms with Gasteiger partial charge in [0.25, 0.3) is 0 Å². The molecular weight excluding hydrogens is 472 g/mol. The summed E-state index contributed by atoms with van der Waals surface area (Å²) in [5.74, 6) is 0.111. The number of nitrogens with zero attached hydrogens (tertiary/aromatic N) is 4. The number of hydrogen-bond donors (Lipinski definition) is 0. The van der Waals surface area contributed by atoms with Gasteiger partial charge in [-0.25, -0.2) is 0 Å². The Balaban J connectivity index is 1.77. The van der Waals surface area contributed by atoms with Crippen LogP contribution in [0.5, 0.6) is 0 Å². The van der Waals surface area contributed by atoms with Gasteiger partial charge < -0.3 is 19.4 Å². The van der Waals surface area contributed by atoms with Crippen LogP contribution in [0.25, 0.3) is 0 Å². The van der Waals surface area contributed by atoms with E-state index in [0.717, 1.165) is 60.1 Å². The third kappa shape index (κ3) is 5.57. The molecule has 202 valence electrons. The second kappa shape index (κ2) is 11.6. The number of likely N-dealkylation sites (N-methyl/N-ethyl adjacent to an activating group) is 1. The van der Waals surface area contributed by atoms with Crippen LogP contribution in [0, 0.1) is 0 Å². The van der Waals surface area contributed by atoms with Crippen LogP contribution in [0.2, 0.25) is 0 Å². The van der Waals surface area contributed by atoms with E-state index in [1.165, 1.54) is 0 Å². The second-order valence-electron chi connectivity index (χ2n) is 11.0. The number of benzene rings is 3. The topological polar surface area (TPSA) is 39.3 Å². The van der Waals surface area contributed by atoms with E-state index in [0.29, 0.717) is 0 Å². The van der Waals surface area contributed by atoms with Gasteiger partial charge in [0.15, 0.2) is 5.78 Å². The van der Waals surface area contributed by atoms with Crippen molar-refractivity contribution >= 4 is 22.8 Å². The Labute approximate surface area is 228 Å². The lowest BCUT2D eigenvalue weighted by Gasteiger charge is -2.42. The fourth-order valence-electron chi connectivity index (χ4n) is 5.52. The number of rotatable bonds is 9. The van der Waals surface area contributed by atoms with Gasteiger partial charge in [-0.3, -0.25) is 9.69 Å². The van der Waals surface area contributed by atoms with Gasteiger partial charge in [0.05, 0.1) is 19.3 Å². The Hall–Kier alpha value is -3.35. The summed E-state index contributed by atoms with van der Waals surface area (Å²) in [6, 6.07) is 24.9. The molecule has 1 atom stereocenters. The molecule has 3 aromatic rings. The molecule has 1 aliphatic heterocycles. The zero-order valence-corrected chi connectivity index (χ0v) is 23.9. The van der Waals surface area contributed by atoms with Crippen LogP contribution < -0.4 is 14.7 Å². The molecular formula is C32H42N4O2. The first kappa shape index (κ1) is 27.7. The smallest absolute Gasteiger partial charge is 0.181 e. The Morgan fingerprint density at radius 1 is 0.737 bits per heavy atom. The van der Waals surface area contributed by atoms with Gasteiger partial charge in [-0.15, -0.1) is 0 Å². The van der Waals surface area contributed by atoms with Crippen molar-refractivity contribution in [2.24, 2.45) is 0 Å². The Morgan fingerprint density at radius 2 is 1.18 bits per heavy atom. The van der Waals surface area contributed by atoms with Crippen molar-refractivity contribution in [2.75, 3.05) is 83.3 Å². The maximum absolute atomic E-state index is 14.3. The maximum atomic E-state index is 14.3. The van der Waals surface area contributed by atoms with Gasteiger partial charge in [0.1, 0.15) is 0 Å². The molecule has 4 rings (SSSR count). The molecule has 38 heavy (non-hydrogen) atoms. The first-order valence-electron chi connectivity index (χ1n) is 13.3. The largest absolute Gasteiger partial charge is 0.378 e. The molecule has 1 unspecified atom stereocenters. The molecule has 3 aromatic carbocycles. The van der Waals surface area contributed by atoms with Crippen molar-refractivity contribution in [3.63, 3.8) is 0 Å². The third-order valence-corrected chi connectivity index (χ3v) is 7.81. The average molecular weight is 515 g/mol. The summed E-state index contributed by atoms with van der Waals surface area (Å²) in [5.41, 5.74) is 5.75. The lowest BCUT2D eigenvalue weighted by Crippen LogP contribution is -2.51. The molecule has 0 aromatic heterocycles. The maximum Gasteiger partial charge on any atom is 0.181 e. The van der Waals surface area contributed by atoms with Crippen LogP contribution in [-0.2, 0) is 10.2 Å². The van der Waals surface area contributed by atoms with E-state index < -0.39 is 11.5 Å². The van der Waals surface area contributed by atoms with Gasteiger partial charge in [0.2, 0.25) is 0 Å². The monoisotopic (exact) mass is 514 g/mol. The average Bonchev–Trinajstić information content (AvgIpc) is 2.93. The Morgan fingerprint density at radius 3 is 1.58 bits per heavy atom. The SMILES string of the molecule is CN(C)c1ccc(C(C)(c2ccc(N(C)C)cc2)C(C(=O)c2ccc(N3CCOCC3)cc2)N(C)C)cc1. The van der Waals surface area contributed by atoms with Gasteiger partial charge in [-0.1, -0.05) is 24.3 Å². The minimum absolute atomic E-state index is 0.111. The van der Waals surface area contributed by atoms with Crippen LogP contribution >= 0.6 is 0 Å². The zero-order valence-electron chi connectivity index (χ0n) is 23.9. The van der Waals surface area contributed by atoms with E-state index >= 15 is 0 Å². The normalized spacial score (nSPS) is 14.9. The number of morpholine rings is 1. The minimum Gasteiger partial charge on any atom is -0.378 e. The van der Waals surface area contributed by atoms with E-state index in [-0.39, 0.29) is 5.78 Å². The number of anilines is 3. The summed E-state index contributed by atoms with van der Waals surface area (Å²) in [6.45, 7) is 5.42. The lowest BCUT2D eigenvalue weighted by atomic mass is 9.68. The van der Waals surface area contributed by atoms with Crippen LogP contribution in [0.3, 0.4) is 0 Å².